The second-order valence-electron chi connectivity index (χ2n) is 14.9. The van der Waals surface area contributed by atoms with E-state index in [1.54, 1.807) is 43.6 Å². The first kappa shape index (κ1) is 37.6. The van der Waals surface area contributed by atoms with Crippen molar-refractivity contribution >= 4 is 47.6 Å². The molecule has 280 valence electrons. The molecule has 8 atom stereocenters. The van der Waals surface area contributed by atoms with Gasteiger partial charge in [0.2, 0.25) is 11.9 Å². The Morgan fingerprint density at radius 1 is 1.21 bits per heavy atom. The third kappa shape index (κ3) is 7.94. The van der Waals surface area contributed by atoms with Gasteiger partial charge in [0.25, 0.3) is 0 Å². The number of benzene rings is 1. The van der Waals surface area contributed by atoms with Gasteiger partial charge in [-0.25, -0.2) is 19.8 Å². The summed E-state index contributed by atoms with van der Waals surface area (Å²) >= 11 is 0. The maximum atomic E-state index is 13.7. The van der Waals surface area contributed by atoms with Gasteiger partial charge < -0.3 is 31.3 Å². The lowest BCUT2D eigenvalue weighted by Gasteiger charge is -2.62. The van der Waals surface area contributed by atoms with Gasteiger partial charge in [0.15, 0.2) is 5.96 Å². The fourth-order valence-corrected chi connectivity index (χ4v) is 8.55. The van der Waals surface area contributed by atoms with Gasteiger partial charge in [-0.15, -0.1) is 0 Å². The molecule has 0 spiro atoms. The van der Waals surface area contributed by atoms with Crippen LogP contribution in [0.5, 0.6) is 0 Å². The number of cyclic esters (lactones) is 1. The number of nitrogens with zero attached hydrogens (tertiary/aromatic N) is 3. The van der Waals surface area contributed by atoms with Crippen LogP contribution in [0.2, 0.25) is 0 Å². The van der Waals surface area contributed by atoms with Crippen molar-refractivity contribution in [1.29, 1.82) is 5.41 Å². The number of amides is 1. The number of aliphatic imine (C=N–C) groups is 2. The first-order valence-corrected chi connectivity index (χ1v) is 18.0. The van der Waals surface area contributed by atoms with Crippen molar-refractivity contribution in [1.82, 2.24) is 15.6 Å². The summed E-state index contributed by atoms with van der Waals surface area (Å²) in [5.41, 5.74) is 6.96. The van der Waals surface area contributed by atoms with Gasteiger partial charge in [-0.3, -0.25) is 20.8 Å². The molecule has 14 nitrogen and oxygen atoms in total. The average molecular weight is 724 g/mol. The molecule has 2 fully saturated rings. The number of pyridine rings is 1. The standard InChI is InChI=1S/C39H49N9O5/c1-22-28(38(3)13-12-32(50)39(4,21-49)31(38)20-29(22)45-23(2)34(51)48-37-43-15-16-44-37)19-30(47-33-7-5-6-14-42-33)27-18-26(53-35(27)52)17-24-8-10-25(11-9-24)46-36(40)41/h5-11,14-15,17-18,23,28-32,45,49-50H,1,12-13,16,19-21H2,2-4H3,(H,42,47)(H4,40,41,46)(H,44,48,51)/b26-17+/t23?,28?,29?,30?,31?,32-,38-,39+/m1/s1. The van der Waals surface area contributed by atoms with Crippen molar-refractivity contribution < 1.29 is 24.5 Å². The molecule has 0 radical (unpaired) electrons. The largest absolute Gasteiger partial charge is 0.423 e. The van der Waals surface area contributed by atoms with E-state index in [1.807, 2.05) is 37.3 Å². The third-order valence-electron chi connectivity index (χ3n) is 11.5. The number of rotatable bonds is 11. The second-order valence-corrected chi connectivity index (χ2v) is 14.9. The van der Waals surface area contributed by atoms with Crippen molar-refractivity contribution in [3.05, 3.63) is 83.8 Å². The molecule has 0 saturated heterocycles. The number of nitrogens with two attached hydrogens (primary N) is 1. The van der Waals surface area contributed by atoms with E-state index in [0.717, 1.165) is 11.1 Å². The Labute approximate surface area is 309 Å². The van der Waals surface area contributed by atoms with E-state index in [2.05, 4.69) is 49.7 Å². The number of esters is 1. The normalized spacial score (nSPS) is 29.8. The zero-order valence-corrected chi connectivity index (χ0v) is 30.3. The SMILES string of the molecule is C=C1C(NC(C)C(=O)NC2=NCC=N2)CC2[C@](C)(CC[C@@H](O)[C@@]2(C)CO)C1CC(Nc1ccccn1)C1=C/C(=C\c2ccc(NC(=N)N)cc2)OC1=O. The quantitative estimate of drug-likeness (QED) is 0.0732. The number of carbonyl (C=O) groups excluding carboxylic acids is 2. The van der Waals surface area contributed by atoms with Crippen LogP contribution in [0.25, 0.3) is 6.08 Å². The molecule has 3 heterocycles. The Balaban J connectivity index is 1.34. The van der Waals surface area contributed by atoms with E-state index >= 15 is 0 Å². The zero-order valence-electron chi connectivity index (χ0n) is 30.3. The highest BCUT2D eigenvalue weighted by atomic mass is 16.5. The molecule has 0 bridgehead atoms. The number of anilines is 2. The Morgan fingerprint density at radius 3 is 2.64 bits per heavy atom. The lowest BCUT2D eigenvalue weighted by Crippen LogP contribution is -2.62. The summed E-state index contributed by atoms with van der Waals surface area (Å²) in [5.74, 6) is -0.0928. The van der Waals surface area contributed by atoms with Crippen molar-refractivity contribution in [2.45, 2.75) is 70.7 Å². The molecule has 6 rings (SSSR count). The number of ether oxygens (including phenoxy) is 1. The Morgan fingerprint density at radius 2 is 1.98 bits per heavy atom. The van der Waals surface area contributed by atoms with E-state index in [1.165, 1.54) is 0 Å². The van der Waals surface area contributed by atoms with Crippen LogP contribution in [0.1, 0.15) is 52.0 Å². The van der Waals surface area contributed by atoms with Gasteiger partial charge in [0.1, 0.15) is 11.6 Å². The summed E-state index contributed by atoms with van der Waals surface area (Å²) in [6.45, 7) is 10.8. The van der Waals surface area contributed by atoms with E-state index in [0.29, 0.717) is 55.1 Å². The molecule has 1 aromatic heterocycles. The lowest BCUT2D eigenvalue weighted by molar-refractivity contribution is -0.156. The molecule has 2 saturated carbocycles. The molecule has 53 heavy (non-hydrogen) atoms. The number of aliphatic hydroxyl groups excluding tert-OH is 2. The van der Waals surface area contributed by atoms with E-state index in [9.17, 15) is 19.8 Å². The number of hydrogen-bond acceptors (Lipinski definition) is 11. The highest BCUT2D eigenvalue weighted by Crippen LogP contribution is 2.62. The summed E-state index contributed by atoms with van der Waals surface area (Å²) in [5, 5.41) is 42.1. The van der Waals surface area contributed by atoms with Crippen LogP contribution in [0.3, 0.4) is 0 Å². The van der Waals surface area contributed by atoms with Crippen molar-refractivity contribution in [3.63, 3.8) is 0 Å². The van der Waals surface area contributed by atoms with Crippen LogP contribution < -0.4 is 27.0 Å². The number of allylic oxidation sites excluding steroid dienone is 1. The lowest BCUT2D eigenvalue weighted by atomic mass is 9.45. The molecule has 2 aliphatic heterocycles. The molecule has 4 aliphatic rings. The number of carbonyl (C=O) groups is 2. The predicted molar refractivity (Wildman–Crippen MR) is 205 cm³/mol. The smallest absolute Gasteiger partial charge is 0.341 e. The second kappa shape index (κ2) is 15.4. The van der Waals surface area contributed by atoms with Crippen LogP contribution in [0.4, 0.5) is 11.5 Å². The van der Waals surface area contributed by atoms with Crippen LogP contribution in [0, 0.1) is 28.1 Å². The van der Waals surface area contributed by atoms with Crippen LogP contribution >= 0.6 is 0 Å². The van der Waals surface area contributed by atoms with Gasteiger partial charge >= 0.3 is 5.97 Å². The molecule has 14 heteroatoms. The summed E-state index contributed by atoms with van der Waals surface area (Å²) in [7, 11) is 0. The average Bonchev–Trinajstić information content (AvgIpc) is 3.78. The maximum absolute atomic E-state index is 13.7. The van der Waals surface area contributed by atoms with Gasteiger partial charge in [0.05, 0.1) is 36.9 Å². The van der Waals surface area contributed by atoms with Gasteiger partial charge in [0, 0.05) is 29.6 Å². The molecule has 2 aliphatic carbocycles. The molecule has 9 N–H and O–H groups in total. The third-order valence-corrected chi connectivity index (χ3v) is 11.5. The molecular formula is C39H49N9O5. The minimum Gasteiger partial charge on any atom is -0.423 e. The summed E-state index contributed by atoms with van der Waals surface area (Å²) < 4.78 is 5.79. The molecule has 5 unspecified atom stereocenters. The number of guanidine groups is 2. The minimum atomic E-state index is -0.814. The zero-order chi connectivity index (χ0) is 37.9. The number of fused-ring (bicyclic) bond motifs is 1. The Kier molecular flexibility index (Phi) is 10.9. The van der Waals surface area contributed by atoms with Crippen molar-refractivity contribution in [2.75, 3.05) is 23.8 Å². The maximum Gasteiger partial charge on any atom is 0.341 e. The van der Waals surface area contributed by atoms with Gasteiger partial charge in [-0.05, 0) is 91.8 Å². The van der Waals surface area contributed by atoms with Crippen LogP contribution in [-0.2, 0) is 14.3 Å². The first-order chi connectivity index (χ1) is 25.3. The number of aliphatic hydroxyl groups is 2. The number of aromatic nitrogens is 1. The fourth-order valence-electron chi connectivity index (χ4n) is 8.55. The topological polar surface area (TPSA) is 219 Å². The predicted octanol–water partition coefficient (Wildman–Crippen LogP) is 3.34. The van der Waals surface area contributed by atoms with Gasteiger partial charge in [-0.2, -0.15) is 0 Å². The van der Waals surface area contributed by atoms with Crippen molar-refractivity contribution in [3.8, 4) is 0 Å². The van der Waals surface area contributed by atoms with E-state index in [4.69, 9.17) is 15.9 Å². The van der Waals surface area contributed by atoms with E-state index < -0.39 is 35.0 Å². The highest BCUT2D eigenvalue weighted by Gasteiger charge is 2.60. The summed E-state index contributed by atoms with van der Waals surface area (Å²) in [4.78, 5) is 39.7. The monoisotopic (exact) mass is 723 g/mol. The molecule has 1 aromatic carbocycles. The first-order valence-electron chi connectivity index (χ1n) is 18.0. The van der Waals surface area contributed by atoms with Crippen LogP contribution in [0.15, 0.2) is 88.2 Å². The fraction of sp³-hybridized carbons (Fsp3) is 0.436. The van der Waals surface area contributed by atoms with Crippen molar-refractivity contribution in [2.24, 2.45) is 38.4 Å². The number of nitrogens with one attached hydrogen (secondary N) is 5. The van der Waals surface area contributed by atoms with Gasteiger partial charge in [-0.1, -0.05) is 44.2 Å². The number of hydrogen-bond donors (Lipinski definition) is 8. The Bertz CT molecular complexity index is 1860. The molecule has 1 amide bonds. The molecule has 2 aromatic rings. The Hall–Kier alpha value is -5.18. The van der Waals surface area contributed by atoms with Crippen LogP contribution in [-0.4, -0.2) is 82.6 Å². The minimum absolute atomic E-state index is 0.160. The summed E-state index contributed by atoms with van der Waals surface area (Å²) in [6.07, 6.45) is 8.25. The van der Waals surface area contributed by atoms with E-state index in [-0.39, 0.29) is 42.3 Å². The molecular weight excluding hydrogens is 674 g/mol. The summed E-state index contributed by atoms with van der Waals surface area (Å²) in [6, 6.07) is 11.2. The highest BCUT2D eigenvalue weighted by molar-refractivity contribution is 6.04.